The largest absolute Gasteiger partial charge is 0.492 e. The van der Waals surface area contributed by atoms with Gasteiger partial charge in [0.25, 0.3) is 0 Å². The Bertz CT molecular complexity index is 365. The van der Waals surface area contributed by atoms with Crippen LogP contribution in [0.1, 0.15) is 6.92 Å². The summed E-state index contributed by atoms with van der Waals surface area (Å²) in [5.74, 6) is -1.23. The quantitative estimate of drug-likeness (QED) is 0.222. The Kier molecular flexibility index (Phi) is 8.59. The van der Waals surface area contributed by atoms with Crippen molar-refractivity contribution in [2.24, 2.45) is 18.5 Å². The number of rotatable bonds is 1. The molecule has 0 bridgehead atoms. The van der Waals surface area contributed by atoms with E-state index in [1.807, 2.05) is 0 Å². The predicted octanol–water partition coefficient (Wildman–Crippen LogP) is -2.00. The molecule has 0 aromatic carbocycles. The van der Waals surface area contributed by atoms with Gasteiger partial charge in [-0.15, -0.1) is 0 Å². The summed E-state index contributed by atoms with van der Waals surface area (Å²) in [6.07, 6.45) is 0.208. The molecule has 0 saturated carbocycles. The third-order valence-electron chi connectivity index (χ3n) is 1.26. The van der Waals surface area contributed by atoms with E-state index < -0.39 is 12.1 Å². The van der Waals surface area contributed by atoms with Crippen molar-refractivity contribution in [2.45, 2.75) is 13.0 Å². The van der Waals surface area contributed by atoms with Crippen molar-refractivity contribution in [1.82, 2.24) is 9.55 Å². The lowest BCUT2D eigenvalue weighted by molar-refractivity contribution is -0.145. The molecule has 10 N–H and O–H groups in total. The Hall–Kier alpha value is -2.49. The average molecular weight is 262 g/mol. The number of anilines is 1. The molecule has 104 valence electrons. The van der Waals surface area contributed by atoms with E-state index in [0.29, 0.717) is 5.95 Å². The lowest BCUT2D eigenvalue weighted by Gasteiger charge is -1.89. The second-order valence-electron chi connectivity index (χ2n) is 3.04. The van der Waals surface area contributed by atoms with Gasteiger partial charge in [-0.2, -0.15) is 4.98 Å². The first-order valence-corrected chi connectivity index (χ1v) is 4.56. The topological polar surface area (TPSA) is 197 Å². The molecule has 18 heavy (non-hydrogen) atoms. The molecular formula is C8H18N6O4. The predicted molar refractivity (Wildman–Crippen MR) is 64.7 cm³/mol. The molecule has 1 rings (SSSR count). The highest BCUT2D eigenvalue weighted by atomic mass is 16.4. The van der Waals surface area contributed by atoms with E-state index in [4.69, 9.17) is 26.5 Å². The minimum atomic E-state index is -1.23. The van der Waals surface area contributed by atoms with Gasteiger partial charge in [-0.3, -0.25) is 5.41 Å². The summed E-state index contributed by atoms with van der Waals surface area (Å²) in [4.78, 5) is 13.0. The van der Waals surface area contributed by atoms with Gasteiger partial charge in [0, 0.05) is 7.05 Å². The van der Waals surface area contributed by atoms with E-state index in [-0.39, 0.29) is 11.8 Å². The van der Waals surface area contributed by atoms with E-state index in [9.17, 15) is 4.79 Å². The first kappa shape index (κ1) is 17.9. The Labute approximate surface area is 103 Å². The molecule has 10 nitrogen and oxygen atoms in total. The second-order valence-corrected chi connectivity index (χ2v) is 3.04. The number of nitrogen functional groups attached to an aromatic ring is 1. The molecule has 1 atom stereocenters. The molecule has 1 aromatic heterocycles. The SMILES string of the molecule is CC(O)C(=O)O.Cn1cc(O)nc1N.N=C(N)N. The number of aryl methyl sites for hydroxylation is 1. The van der Waals surface area contributed by atoms with Crippen LogP contribution < -0.4 is 17.2 Å². The zero-order chi connectivity index (χ0) is 14.9. The fraction of sp³-hybridized carbons (Fsp3) is 0.375. The smallest absolute Gasteiger partial charge is 0.332 e. The third-order valence-corrected chi connectivity index (χ3v) is 1.26. The van der Waals surface area contributed by atoms with Crippen molar-refractivity contribution in [2.75, 3.05) is 5.73 Å². The van der Waals surface area contributed by atoms with E-state index in [2.05, 4.69) is 16.5 Å². The third kappa shape index (κ3) is 11.6. The summed E-state index contributed by atoms with van der Waals surface area (Å²) < 4.78 is 1.54. The van der Waals surface area contributed by atoms with Crippen molar-refractivity contribution in [1.29, 1.82) is 5.41 Å². The Morgan fingerprint density at radius 2 is 1.89 bits per heavy atom. The molecule has 0 amide bonds. The molecule has 1 aromatic rings. The van der Waals surface area contributed by atoms with Crippen LogP contribution in [0.4, 0.5) is 5.95 Å². The summed E-state index contributed by atoms with van der Waals surface area (Å²) in [6.45, 7) is 1.20. The van der Waals surface area contributed by atoms with Gasteiger partial charge in [-0.05, 0) is 6.92 Å². The minimum Gasteiger partial charge on any atom is -0.492 e. The molecule has 0 aliphatic rings. The molecule has 0 fully saturated rings. The normalized spacial score (nSPS) is 10.2. The van der Waals surface area contributed by atoms with Crippen molar-refractivity contribution in [3.05, 3.63) is 6.20 Å². The Balaban J connectivity index is 0. The number of nitrogens with two attached hydrogens (primary N) is 3. The number of aliphatic carboxylic acids is 1. The standard InChI is InChI=1S/C4H7N3O.C3H6O3.CH5N3/c1-7-2-3(8)6-4(7)5;1-2(4)3(5)6;2-1(3)4/h2,8H,1H3,(H2,5,6);2,4H,1H3,(H,5,6);(H5,2,3,4). The summed E-state index contributed by atoms with van der Waals surface area (Å²) >= 11 is 0. The number of aromatic hydroxyl groups is 1. The maximum Gasteiger partial charge on any atom is 0.332 e. The van der Waals surface area contributed by atoms with Crippen LogP contribution in [-0.2, 0) is 11.8 Å². The van der Waals surface area contributed by atoms with Crippen LogP contribution in [-0.4, -0.2) is 42.9 Å². The van der Waals surface area contributed by atoms with Gasteiger partial charge in [0.1, 0.15) is 6.10 Å². The molecule has 1 heterocycles. The molecule has 0 saturated heterocycles. The van der Waals surface area contributed by atoms with Gasteiger partial charge in [-0.1, -0.05) is 0 Å². The van der Waals surface area contributed by atoms with E-state index in [1.54, 1.807) is 7.05 Å². The molecule has 10 heteroatoms. The van der Waals surface area contributed by atoms with Gasteiger partial charge in [0.2, 0.25) is 11.8 Å². The molecule has 0 aliphatic heterocycles. The maximum atomic E-state index is 9.45. The van der Waals surface area contributed by atoms with Gasteiger partial charge < -0.3 is 37.1 Å². The maximum absolute atomic E-state index is 9.45. The monoisotopic (exact) mass is 262 g/mol. The van der Waals surface area contributed by atoms with Crippen LogP contribution in [0.5, 0.6) is 5.88 Å². The number of guanidine groups is 1. The van der Waals surface area contributed by atoms with Crippen LogP contribution in [0.3, 0.4) is 0 Å². The number of carboxylic acid groups (broad SMARTS) is 1. The average Bonchev–Trinajstić information content (AvgIpc) is 2.43. The van der Waals surface area contributed by atoms with Crippen molar-refractivity contribution < 1.29 is 20.1 Å². The number of carboxylic acids is 1. The number of nitrogens with zero attached hydrogens (tertiary/aromatic N) is 2. The fourth-order valence-electron chi connectivity index (χ4n) is 0.464. The van der Waals surface area contributed by atoms with Crippen molar-refractivity contribution >= 4 is 17.9 Å². The highest BCUT2D eigenvalue weighted by molar-refractivity contribution is 5.71. The fourth-order valence-corrected chi connectivity index (χ4v) is 0.464. The summed E-state index contributed by atoms with van der Waals surface area (Å²) in [5.41, 5.74) is 14.2. The lowest BCUT2D eigenvalue weighted by Crippen LogP contribution is -2.20. The first-order chi connectivity index (χ1) is 8.07. The summed E-state index contributed by atoms with van der Waals surface area (Å²) in [7, 11) is 1.71. The van der Waals surface area contributed by atoms with E-state index >= 15 is 0 Å². The van der Waals surface area contributed by atoms with E-state index in [1.165, 1.54) is 17.7 Å². The molecule has 0 radical (unpaired) electrons. The highest BCUT2D eigenvalue weighted by Gasteiger charge is 2.01. The van der Waals surface area contributed by atoms with Crippen LogP contribution in [0.15, 0.2) is 6.20 Å². The van der Waals surface area contributed by atoms with Crippen LogP contribution in [0.25, 0.3) is 0 Å². The van der Waals surface area contributed by atoms with Crippen LogP contribution in [0, 0.1) is 5.41 Å². The number of aliphatic hydroxyl groups excluding tert-OH is 1. The molecule has 1 unspecified atom stereocenters. The second kappa shape index (κ2) is 8.64. The number of aromatic nitrogens is 2. The van der Waals surface area contributed by atoms with Gasteiger partial charge in [-0.25, -0.2) is 4.79 Å². The summed E-state index contributed by atoms with van der Waals surface area (Å²) in [6, 6.07) is 0. The Morgan fingerprint density at radius 1 is 1.56 bits per heavy atom. The summed E-state index contributed by atoms with van der Waals surface area (Å²) in [5, 5.41) is 30.4. The van der Waals surface area contributed by atoms with Crippen molar-refractivity contribution in [3.63, 3.8) is 0 Å². The number of hydrogen-bond acceptors (Lipinski definition) is 6. The zero-order valence-electron chi connectivity index (χ0n) is 10.0. The van der Waals surface area contributed by atoms with Crippen LogP contribution in [0.2, 0.25) is 0 Å². The number of imidazole rings is 1. The first-order valence-electron chi connectivity index (χ1n) is 4.56. The molecular weight excluding hydrogens is 244 g/mol. The number of carbonyl (C=O) groups is 1. The van der Waals surface area contributed by atoms with Crippen molar-refractivity contribution in [3.8, 4) is 5.88 Å². The van der Waals surface area contributed by atoms with Gasteiger partial charge >= 0.3 is 5.97 Å². The lowest BCUT2D eigenvalue weighted by atomic mass is 10.4. The van der Waals surface area contributed by atoms with Crippen LogP contribution >= 0.6 is 0 Å². The number of hydrogen-bond donors (Lipinski definition) is 7. The minimum absolute atomic E-state index is 0.0370. The number of nitrogens with one attached hydrogen (secondary N) is 1. The zero-order valence-corrected chi connectivity index (χ0v) is 10.0. The van der Waals surface area contributed by atoms with E-state index in [0.717, 1.165) is 0 Å². The van der Waals surface area contributed by atoms with Gasteiger partial charge in [0.05, 0.1) is 6.20 Å². The Morgan fingerprint density at radius 3 is 1.94 bits per heavy atom. The number of aliphatic hydroxyl groups is 1. The molecule has 0 spiro atoms. The highest BCUT2D eigenvalue weighted by Crippen LogP contribution is 2.06. The molecule has 0 aliphatic carbocycles. The van der Waals surface area contributed by atoms with Gasteiger partial charge in [0.15, 0.2) is 5.96 Å².